The van der Waals surface area contributed by atoms with E-state index in [9.17, 15) is 4.79 Å². The minimum atomic E-state index is 0.112. The quantitative estimate of drug-likeness (QED) is 0.821. The summed E-state index contributed by atoms with van der Waals surface area (Å²) in [7, 11) is 1.89. The first kappa shape index (κ1) is 13.1. The van der Waals surface area contributed by atoms with Crippen molar-refractivity contribution < 1.29 is 9.53 Å². The van der Waals surface area contributed by atoms with Crippen LogP contribution in [0, 0.1) is 12.8 Å². The van der Waals surface area contributed by atoms with E-state index in [4.69, 9.17) is 4.74 Å². The molecule has 0 spiro atoms. The van der Waals surface area contributed by atoms with Crippen LogP contribution in [-0.4, -0.2) is 37.6 Å². The topological polar surface area (TPSA) is 29.5 Å². The summed E-state index contributed by atoms with van der Waals surface area (Å²) < 4.78 is 5.34. The number of hydrogen-bond acceptors (Lipinski definition) is 2. The summed E-state index contributed by atoms with van der Waals surface area (Å²) in [6.45, 7) is 4.52. The average Bonchev–Trinajstić information content (AvgIpc) is 2.40. The number of aryl methyl sites for hydroxylation is 1. The van der Waals surface area contributed by atoms with E-state index in [1.807, 2.05) is 43.1 Å². The predicted molar refractivity (Wildman–Crippen MR) is 71.7 cm³/mol. The molecule has 1 aromatic rings. The van der Waals surface area contributed by atoms with E-state index in [-0.39, 0.29) is 5.91 Å². The van der Waals surface area contributed by atoms with E-state index in [1.165, 1.54) is 5.56 Å². The molecule has 0 saturated carbocycles. The fourth-order valence-electron chi connectivity index (χ4n) is 2.32. The van der Waals surface area contributed by atoms with Crippen LogP contribution >= 0.6 is 0 Å². The molecule has 1 aliphatic heterocycles. The van der Waals surface area contributed by atoms with Gasteiger partial charge in [0, 0.05) is 32.4 Å². The van der Waals surface area contributed by atoms with Crippen LogP contribution < -0.4 is 0 Å². The number of benzene rings is 1. The fraction of sp³-hybridized carbons (Fsp3) is 0.533. The highest BCUT2D eigenvalue weighted by molar-refractivity contribution is 5.94. The van der Waals surface area contributed by atoms with Crippen molar-refractivity contribution in [2.24, 2.45) is 5.92 Å². The van der Waals surface area contributed by atoms with Crippen LogP contribution in [0.2, 0.25) is 0 Å². The zero-order valence-corrected chi connectivity index (χ0v) is 11.2. The molecule has 0 aromatic heterocycles. The van der Waals surface area contributed by atoms with Crippen molar-refractivity contribution in [3.8, 4) is 0 Å². The maximum Gasteiger partial charge on any atom is 0.253 e. The molecule has 98 valence electrons. The molecular weight excluding hydrogens is 226 g/mol. The van der Waals surface area contributed by atoms with Crippen LogP contribution in [0.5, 0.6) is 0 Å². The van der Waals surface area contributed by atoms with Crippen LogP contribution in [0.25, 0.3) is 0 Å². The number of nitrogens with zero attached hydrogens (tertiary/aromatic N) is 1. The molecule has 1 saturated heterocycles. The van der Waals surface area contributed by atoms with Gasteiger partial charge in [-0.15, -0.1) is 0 Å². The van der Waals surface area contributed by atoms with E-state index >= 15 is 0 Å². The van der Waals surface area contributed by atoms with E-state index < -0.39 is 0 Å². The van der Waals surface area contributed by atoms with Crippen molar-refractivity contribution in [1.82, 2.24) is 4.90 Å². The third-order valence-corrected chi connectivity index (χ3v) is 3.52. The van der Waals surface area contributed by atoms with Gasteiger partial charge < -0.3 is 9.64 Å². The van der Waals surface area contributed by atoms with Crippen LogP contribution in [0.3, 0.4) is 0 Å². The summed E-state index contributed by atoms with van der Waals surface area (Å²) in [6.07, 6.45) is 2.12. The summed E-state index contributed by atoms with van der Waals surface area (Å²) in [5.74, 6) is 0.694. The second kappa shape index (κ2) is 6.01. The number of rotatable bonds is 3. The van der Waals surface area contributed by atoms with E-state index in [2.05, 4.69) is 0 Å². The molecule has 3 nitrogen and oxygen atoms in total. The second-order valence-electron chi connectivity index (χ2n) is 5.11. The van der Waals surface area contributed by atoms with Gasteiger partial charge in [-0.05, 0) is 37.8 Å². The highest BCUT2D eigenvalue weighted by Crippen LogP contribution is 2.16. The van der Waals surface area contributed by atoms with Crippen molar-refractivity contribution in [3.05, 3.63) is 35.4 Å². The van der Waals surface area contributed by atoms with Crippen LogP contribution in [0.15, 0.2) is 24.3 Å². The predicted octanol–water partition coefficient (Wildman–Crippen LogP) is 2.49. The third kappa shape index (κ3) is 3.33. The van der Waals surface area contributed by atoms with Gasteiger partial charge in [0.25, 0.3) is 5.91 Å². The molecule has 0 radical (unpaired) electrons. The minimum Gasteiger partial charge on any atom is -0.381 e. The lowest BCUT2D eigenvalue weighted by molar-refractivity contribution is 0.0497. The SMILES string of the molecule is Cc1ccc(C(=O)N(C)CC2CCOCC2)cc1. The molecular formula is C15H21NO2. The number of carbonyl (C=O) groups is 1. The Bertz CT molecular complexity index is 393. The highest BCUT2D eigenvalue weighted by Gasteiger charge is 2.19. The summed E-state index contributed by atoms with van der Waals surface area (Å²) in [5.41, 5.74) is 1.95. The van der Waals surface area contributed by atoms with Gasteiger partial charge in [0.2, 0.25) is 0 Å². The molecule has 1 amide bonds. The number of ether oxygens (including phenoxy) is 1. The van der Waals surface area contributed by atoms with Crippen molar-refractivity contribution >= 4 is 5.91 Å². The van der Waals surface area contributed by atoms with Crippen molar-refractivity contribution in [1.29, 1.82) is 0 Å². The largest absolute Gasteiger partial charge is 0.381 e. The van der Waals surface area contributed by atoms with Crippen molar-refractivity contribution in [2.75, 3.05) is 26.8 Å². The maximum absolute atomic E-state index is 12.2. The van der Waals surface area contributed by atoms with Gasteiger partial charge >= 0.3 is 0 Å². The summed E-state index contributed by atoms with van der Waals surface area (Å²) in [5, 5.41) is 0. The van der Waals surface area contributed by atoms with Gasteiger partial charge in [0.15, 0.2) is 0 Å². The Morgan fingerprint density at radius 2 is 1.89 bits per heavy atom. The Hall–Kier alpha value is -1.35. The van der Waals surface area contributed by atoms with Gasteiger partial charge in [-0.3, -0.25) is 4.79 Å². The Balaban J connectivity index is 1.93. The minimum absolute atomic E-state index is 0.112. The molecule has 1 fully saturated rings. The Labute approximate surface area is 109 Å². The summed E-state index contributed by atoms with van der Waals surface area (Å²) in [4.78, 5) is 14.1. The Morgan fingerprint density at radius 1 is 1.28 bits per heavy atom. The van der Waals surface area contributed by atoms with Gasteiger partial charge in [0.05, 0.1) is 0 Å². The van der Waals surface area contributed by atoms with Crippen LogP contribution in [0.4, 0.5) is 0 Å². The molecule has 0 bridgehead atoms. The number of hydrogen-bond donors (Lipinski definition) is 0. The van der Waals surface area contributed by atoms with Crippen molar-refractivity contribution in [2.45, 2.75) is 19.8 Å². The van der Waals surface area contributed by atoms with Gasteiger partial charge in [0.1, 0.15) is 0 Å². The average molecular weight is 247 g/mol. The molecule has 3 heteroatoms. The van der Waals surface area contributed by atoms with Crippen LogP contribution in [0.1, 0.15) is 28.8 Å². The maximum atomic E-state index is 12.2. The summed E-state index contributed by atoms with van der Waals surface area (Å²) in [6, 6.07) is 7.77. The molecule has 0 atom stereocenters. The molecule has 0 unspecified atom stereocenters. The number of amides is 1. The van der Waals surface area contributed by atoms with Gasteiger partial charge in [-0.1, -0.05) is 17.7 Å². The normalized spacial score (nSPS) is 16.6. The molecule has 0 N–H and O–H groups in total. The molecule has 0 aliphatic carbocycles. The standard InChI is InChI=1S/C15H21NO2/c1-12-3-5-14(6-4-12)15(17)16(2)11-13-7-9-18-10-8-13/h3-6,13H,7-11H2,1-2H3. The number of carbonyl (C=O) groups excluding carboxylic acids is 1. The van der Waals surface area contributed by atoms with E-state index in [0.29, 0.717) is 5.92 Å². The lowest BCUT2D eigenvalue weighted by atomic mass is 9.99. The molecule has 2 rings (SSSR count). The Kier molecular flexibility index (Phi) is 4.37. The summed E-state index contributed by atoms with van der Waals surface area (Å²) >= 11 is 0. The lowest BCUT2D eigenvalue weighted by Crippen LogP contribution is -2.34. The first-order valence-electron chi connectivity index (χ1n) is 6.56. The zero-order valence-electron chi connectivity index (χ0n) is 11.2. The van der Waals surface area contributed by atoms with Gasteiger partial charge in [-0.25, -0.2) is 0 Å². The monoisotopic (exact) mass is 247 g/mol. The first-order chi connectivity index (χ1) is 8.66. The van der Waals surface area contributed by atoms with Crippen molar-refractivity contribution in [3.63, 3.8) is 0 Å². The first-order valence-corrected chi connectivity index (χ1v) is 6.56. The second-order valence-corrected chi connectivity index (χ2v) is 5.11. The highest BCUT2D eigenvalue weighted by atomic mass is 16.5. The zero-order chi connectivity index (χ0) is 13.0. The molecule has 1 aromatic carbocycles. The Morgan fingerprint density at radius 3 is 2.50 bits per heavy atom. The van der Waals surface area contributed by atoms with E-state index in [1.54, 1.807) is 0 Å². The van der Waals surface area contributed by atoms with E-state index in [0.717, 1.165) is 38.2 Å². The molecule has 1 heterocycles. The molecule has 1 aliphatic rings. The lowest BCUT2D eigenvalue weighted by Gasteiger charge is -2.27. The third-order valence-electron chi connectivity index (χ3n) is 3.52. The van der Waals surface area contributed by atoms with Crippen LogP contribution in [-0.2, 0) is 4.74 Å². The van der Waals surface area contributed by atoms with Gasteiger partial charge in [-0.2, -0.15) is 0 Å². The molecule has 18 heavy (non-hydrogen) atoms. The fourth-order valence-corrected chi connectivity index (χ4v) is 2.32. The smallest absolute Gasteiger partial charge is 0.253 e.